The van der Waals surface area contributed by atoms with Gasteiger partial charge < -0.3 is 10.1 Å². The van der Waals surface area contributed by atoms with Crippen molar-refractivity contribution in [3.05, 3.63) is 47.3 Å². The predicted octanol–water partition coefficient (Wildman–Crippen LogP) is 3.49. The summed E-state index contributed by atoms with van der Waals surface area (Å²) in [4.78, 5) is 41.2. The van der Waals surface area contributed by atoms with E-state index >= 15 is 0 Å². The monoisotopic (exact) mass is 452 g/mol. The van der Waals surface area contributed by atoms with Crippen molar-refractivity contribution in [3.8, 4) is 0 Å². The number of anilines is 1. The molecule has 8 nitrogen and oxygen atoms in total. The van der Waals surface area contributed by atoms with Gasteiger partial charge in [-0.25, -0.2) is 4.79 Å². The van der Waals surface area contributed by atoms with Crippen LogP contribution in [0.1, 0.15) is 79.4 Å². The van der Waals surface area contributed by atoms with Crippen LogP contribution in [0, 0.1) is 0 Å². The molecule has 2 amide bonds. The fourth-order valence-electron chi connectivity index (χ4n) is 4.76. The summed E-state index contributed by atoms with van der Waals surface area (Å²) in [6.45, 7) is 5.91. The normalized spacial score (nSPS) is 20.9. The lowest BCUT2D eigenvalue weighted by Gasteiger charge is -2.44. The van der Waals surface area contributed by atoms with Crippen LogP contribution in [-0.4, -0.2) is 45.8 Å². The van der Waals surface area contributed by atoms with Crippen LogP contribution in [0.2, 0.25) is 0 Å². The average Bonchev–Trinajstić information content (AvgIpc) is 3.24. The number of ether oxygens (including phenoxy) is 1. The number of benzene rings is 1. The van der Waals surface area contributed by atoms with E-state index in [1.54, 1.807) is 18.7 Å². The Morgan fingerprint density at radius 3 is 2.48 bits per heavy atom. The third-order valence-corrected chi connectivity index (χ3v) is 6.67. The Kier molecular flexibility index (Phi) is 6.54. The van der Waals surface area contributed by atoms with Crippen molar-refractivity contribution < 1.29 is 19.1 Å². The number of esters is 1. The zero-order chi connectivity index (χ0) is 23.6. The van der Waals surface area contributed by atoms with Crippen molar-refractivity contribution in [1.29, 1.82) is 0 Å². The molecule has 1 aliphatic heterocycles. The SMILES string of the molecule is CCOC(=O)c1cc2n(n1)C[C@@](C)(C(=O)NC1CCCCC1)N(c1ccc(CC)cc1)C2=O. The lowest BCUT2D eigenvalue weighted by atomic mass is 9.91. The van der Waals surface area contributed by atoms with E-state index in [0.29, 0.717) is 5.69 Å². The zero-order valence-corrected chi connectivity index (χ0v) is 19.6. The highest BCUT2D eigenvalue weighted by Crippen LogP contribution is 2.33. The van der Waals surface area contributed by atoms with Gasteiger partial charge in [0.25, 0.3) is 5.91 Å². The van der Waals surface area contributed by atoms with Crippen molar-refractivity contribution >= 4 is 23.5 Å². The second kappa shape index (κ2) is 9.37. The number of aromatic nitrogens is 2. The molecule has 1 saturated carbocycles. The Hall–Kier alpha value is -3.16. The van der Waals surface area contributed by atoms with Gasteiger partial charge in [-0.2, -0.15) is 5.10 Å². The number of nitrogens with zero attached hydrogens (tertiary/aromatic N) is 3. The summed E-state index contributed by atoms with van der Waals surface area (Å²) in [5.41, 5.74) is 0.918. The molecule has 0 saturated heterocycles. The van der Waals surface area contributed by atoms with Gasteiger partial charge in [0.05, 0.1) is 13.2 Å². The Morgan fingerprint density at radius 1 is 1.15 bits per heavy atom. The van der Waals surface area contributed by atoms with Crippen molar-refractivity contribution in [1.82, 2.24) is 15.1 Å². The van der Waals surface area contributed by atoms with Crippen LogP contribution in [0.4, 0.5) is 5.69 Å². The number of carbonyl (C=O) groups is 3. The molecular formula is C25H32N4O4. The summed E-state index contributed by atoms with van der Waals surface area (Å²) in [6, 6.07) is 9.25. The number of rotatable bonds is 6. The third-order valence-electron chi connectivity index (χ3n) is 6.67. The molecule has 2 aliphatic rings. The number of fused-ring (bicyclic) bond motifs is 1. The van der Waals surface area contributed by atoms with E-state index in [4.69, 9.17) is 4.74 Å². The Bertz CT molecular complexity index is 1040. The maximum atomic E-state index is 13.7. The van der Waals surface area contributed by atoms with Crippen molar-refractivity contribution in [3.63, 3.8) is 0 Å². The number of hydrogen-bond acceptors (Lipinski definition) is 5. The lowest BCUT2D eigenvalue weighted by Crippen LogP contribution is -2.65. The number of aryl methyl sites for hydroxylation is 1. The highest BCUT2D eigenvalue weighted by molar-refractivity contribution is 6.12. The highest BCUT2D eigenvalue weighted by atomic mass is 16.5. The van der Waals surface area contributed by atoms with Gasteiger partial charge in [0.15, 0.2) is 5.69 Å². The lowest BCUT2D eigenvalue weighted by molar-refractivity contribution is -0.127. The van der Waals surface area contributed by atoms with Gasteiger partial charge in [0, 0.05) is 17.8 Å². The molecule has 1 fully saturated rings. The van der Waals surface area contributed by atoms with Crippen LogP contribution in [0.25, 0.3) is 0 Å². The molecule has 1 aliphatic carbocycles. The van der Waals surface area contributed by atoms with Crippen LogP contribution in [-0.2, 0) is 22.5 Å². The van der Waals surface area contributed by atoms with Crippen molar-refractivity contribution in [2.75, 3.05) is 11.5 Å². The van der Waals surface area contributed by atoms with Crippen LogP contribution in [0.15, 0.2) is 30.3 Å². The maximum Gasteiger partial charge on any atom is 0.358 e. The van der Waals surface area contributed by atoms with Crippen LogP contribution < -0.4 is 10.2 Å². The van der Waals surface area contributed by atoms with Gasteiger partial charge in [-0.1, -0.05) is 38.3 Å². The van der Waals surface area contributed by atoms with E-state index in [9.17, 15) is 14.4 Å². The van der Waals surface area contributed by atoms with E-state index < -0.39 is 11.5 Å². The molecule has 1 aromatic carbocycles. The van der Waals surface area contributed by atoms with Crippen molar-refractivity contribution in [2.24, 2.45) is 0 Å². The molecule has 8 heteroatoms. The summed E-state index contributed by atoms with van der Waals surface area (Å²) in [6.07, 6.45) is 6.14. The maximum absolute atomic E-state index is 13.7. The van der Waals surface area contributed by atoms with Crippen LogP contribution >= 0.6 is 0 Å². The molecule has 2 heterocycles. The van der Waals surface area contributed by atoms with E-state index in [0.717, 1.165) is 37.7 Å². The zero-order valence-electron chi connectivity index (χ0n) is 19.6. The second-order valence-corrected chi connectivity index (χ2v) is 9.04. The summed E-state index contributed by atoms with van der Waals surface area (Å²) >= 11 is 0. The van der Waals surface area contributed by atoms with E-state index in [1.807, 2.05) is 24.3 Å². The summed E-state index contributed by atoms with van der Waals surface area (Å²) in [7, 11) is 0. The third kappa shape index (κ3) is 4.38. The number of nitrogens with one attached hydrogen (secondary N) is 1. The molecule has 176 valence electrons. The molecule has 1 N–H and O–H groups in total. The Balaban J connectivity index is 1.73. The average molecular weight is 453 g/mol. The first-order chi connectivity index (χ1) is 15.9. The van der Waals surface area contributed by atoms with E-state index in [1.165, 1.54) is 17.2 Å². The molecule has 33 heavy (non-hydrogen) atoms. The first-order valence-electron chi connectivity index (χ1n) is 11.9. The highest BCUT2D eigenvalue weighted by Gasteiger charge is 2.49. The molecule has 2 aromatic rings. The minimum Gasteiger partial charge on any atom is -0.461 e. The molecular weight excluding hydrogens is 420 g/mol. The molecule has 1 aromatic heterocycles. The quantitative estimate of drug-likeness (QED) is 0.677. The number of amides is 2. The second-order valence-electron chi connectivity index (χ2n) is 9.04. The number of carbonyl (C=O) groups excluding carboxylic acids is 3. The standard InChI is InChI=1S/C25H32N4O4/c1-4-17-11-13-19(14-12-17)29-22(30)21-15-20(23(31)33-5-2)27-28(21)16-25(29,3)24(32)26-18-9-7-6-8-10-18/h11-15,18H,4-10,16H2,1-3H3,(H,26,32)/t25-/m0/s1. The largest absolute Gasteiger partial charge is 0.461 e. The first-order valence-corrected chi connectivity index (χ1v) is 11.9. The molecule has 0 spiro atoms. The molecule has 1 atom stereocenters. The fourth-order valence-corrected chi connectivity index (χ4v) is 4.76. The minimum absolute atomic E-state index is 0.0680. The smallest absolute Gasteiger partial charge is 0.358 e. The molecule has 0 radical (unpaired) electrons. The van der Waals surface area contributed by atoms with Gasteiger partial charge >= 0.3 is 5.97 Å². The number of hydrogen-bond donors (Lipinski definition) is 1. The van der Waals surface area contributed by atoms with E-state index in [-0.39, 0.29) is 42.4 Å². The summed E-state index contributed by atoms with van der Waals surface area (Å²) < 4.78 is 6.52. The Labute approximate surface area is 194 Å². The minimum atomic E-state index is -1.20. The molecule has 0 bridgehead atoms. The van der Waals surface area contributed by atoms with Crippen LogP contribution in [0.5, 0.6) is 0 Å². The molecule has 4 rings (SSSR count). The fraction of sp³-hybridized carbons (Fsp3) is 0.520. The summed E-state index contributed by atoms with van der Waals surface area (Å²) in [5.74, 6) is -1.16. The van der Waals surface area contributed by atoms with Gasteiger partial charge in [0.1, 0.15) is 11.2 Å². The van der Waals surface area contributed by atoms with Crippen molar-refractivity contribution in [2.45, 2.75) is 77.4 Å². The first kappa shape index (κ1) is 23.0. The van der Waals surface area contributed by atoms with Gasteiger partial charge in [-0.15, -0.1) is 0 Å². The van der Waals surface area contributed by atoms with E-state index in [2.05, 4.69) is 17.3 Å². The van der Waals surface area contributed by atoms with Crippen LogP contribution in [0.3, 0.4) is 0 Å². The van der Waals surface area contributed by atoms with Gasteiger partial charge in [-0.05, 0) is 50.8 Å². The van der Waals surface area contributed by atoms with Gasteiger partial charge in [-0.3, -0.25) is 19.2 Å². The van der Waals surface area contributed by atoms with Gasteiger partial charge in [0.2, 0.25) is 5.91 Å². The topological polar surface area (TPSA) is 93.5 Å². The molecule has 0 unspecified atom stereocenters. The summed E-state index contributed by atoms with van der Waals surface area (Å²) in [5, 5.41) is 7.50. The Morgan fingerprint density at radius 2 is 1.85 bits per heavy atom. The predicted molar refractivity (Wildman–Crippen MR) is 124 cm³/mol.